The zero-order chi connectivity index (χ0) is 18.4. The first kappa shape index (κ1) is 18.3. The topological polar surface area (TPSA) is 74.5 Å². The van der Waals surface area contributed by atoms with Crippen molar-refractivity contribution in [3.05, 3.63) is 70.6 Å². The monoisotopic (exact) mass is 390 g/mol. The summed E-state index contributed by atoms with van der Waals surface area (Å²) in [6.45, 7) is 0.174. The Morgan fingerprint density at radius 2 is 2.00 bits per heavy atom. The molecule has 0 aliphatic carbocycles. The predicted octanol–water partition coefficient (Wildman–Crippen LogP) is 4.38. The van der Waals surface area contributed by atoms with Gasteiger partial charge in [-0.2, -0.15) is 0 Å². The number of aromatic nitrogens is 2. The number of halogens is 1. The van der Waals surface area contributed by atoms with Crippen LogP contribution in [0.4, 0.5) is 0 Å². The molecule has 1 aromatic heterocycles. The summed E-state index contributed by atoms with van der Waals surface area (Å²) in [5, 5.41) is 9.02. The maximum Gasteiger partial charge on any atom is 0.337 e. The molecule has 0 unspecified atom stereocenters. The number of rotatable bonds is 7. The molecule has 0 atom stereocenters. The molecule has 3 aromatic rings. The Kier molecular flexibility index (Phi) is 6.14. The fourth-order valence-electron chi connectivity index (χ4n) is 2.08. The molecule has 0 saturated heterocycles. The van der Waals surface area contributed by atoms with E-state index in [2.05, 4.69) is 10.2 Å². The summed E-state index contributed by atoms with van der Waals surface area (Å²) in [6.07, 6.45) is 0. The van der Waals surface area contributed by atoms with Crippen molar-refractivity contribution in [2.75, 3.05) is 7.11 Å². The van der Waals surface area contributed by atoms with Gasteiger partial charge in [-0.15, -0.1) is 10.2 Å². The van der Waals surface area contributed by atoms with Gasteiger partial charge in [-0.3, -0.25) is 0 Å². The molecule has 134 valence electrons. The minimum Gasteiger partial charge on any atom is -0.484 e. The average Bonchev–Trinajstić information content (AvgIpc) is 3.13. The molecule has 0 aliphatic rings. The highest BCUT2D eigenvalue weighted by molar-refractivity contribution is 7.98. The maximum atomic E-state index is 11.6. The van der Waals surface area contributed by atoms with E-state index < -0.39 is 0 Å². The highest BCUT2D eigenvalue weighted by Crippen LogP contribution is 2.23. The molecule has 0 amide bonds. The Bertz CT molecular complexity index is 883. The minimum absolute atomic E-state index is 0.174. The van der Waals surface area contributed by atoms with Gasteiger partial charge in [-0.25, -0.2) is 4.79 Å². The molecule has 0 radical (unpaired) electrons. The van der Waals surface area contributed by atoms with E-state index in [1.165, 1.54) is 18.9 Å². The Morgan fingerprint density at radius 3 is 2.77 bits per heavy atom. The Balaban J connectivity index is 1.53. The predicted molar refractivity (Wildman–Crippen MR) is 97.4 cm³/mol. The first-order valence-electron chi connectivity index (χ1n) is 7.65. The summed E-state index contributed by atoms with van der Waals surface area (Å²) in [5.74, 6) is 1.27. The third kappa shape index (κ3) is 5.00. The van der Waals surface area contributed by atoms with Crippen molar-refractivity contribution in [3.63, 3.8) is 0 Å². The van der Waals surface area contributed by atoms with E-state index in [0.717, 1.165) is 5.56 Å². The van der Waals surface area contributed by atoms with Gasteiger partial charge in [0.05, 0.1) is 12.7 Å². The smallest absolute Gasteiger partial charge is 0.337 e. The molecule has 0 N–H and O–H groups in total. The van der Waals surface area contributed by atoms with E-state index in [1.54, 1.807) is 42.5 Å². The lowest BCUT2D eigenvalue weighted by Crippen LogP contribution is -2.01. The fourth-order valence-corrected chi connectivity index (χ4v) is 2.93. The summed E-state index contributed by atoms with van der Waals surface area (Å²) in [6, 6.07) is 14.2. The first-order chi connectivity index (χ1) is 12.6. The van der Waals surface area contributed by atoms with Gasteiger partial charge in [0, 0.05) is 10.8 Å². The number of hydrogen-bond donors (Lipinski definition) is 0. The Labute approximate surface area is 159 Å². The second-order valence-corrected chi connectivity index (χ2v) is 6.55. The molecule has 0 aliphatic heterocycles. The molecular weight excluding hydrogens is 376 g/mol. The minimum atomic E-state index is -0.365. The van der Waals surface area contributed by atoms with Crippen LogP contribution in [0.15, 0.2) is 58.2 Å². The SMILES string of the molecule is COC(=O)c1cccc(CSc2nnc(COc3ccc(Cl)cc3)o2)c1. The molecule has 1 heterocycles. The van der Waals surface area contributed by atoms with Crippen LogP contribution in [0.3, 0.4) is 0 Å². The quantitative estimate of drug-likeness (QED) is 0.437. The largest absolute Gasteiger partial charge is 0.484 e. The molecule has 0 bridgehead atoms. The Hall–Kier alpha value is -2.51. The van der Waals surface area contributed by atoms with Crippen LogP contribution in [0, 0.1) is 0 Å². The van der Waals surface area contributed by atoms with Crippen LogP contribution in [0.2, 0.25) is 5.02 Å². The number of ether oxygens (including phenoxy) is 2. The second-order valence-electron chi connectivity index (χ2n) is 5.18. The lowest BCUT2D eigenvalue weighted by molar-refractivity contribution is 0.0600. The highest BCUT2D eigenvalue weighted by Gasteiger charge is 2.10. The van der Waals surface area contributed by atoms with Crippen LogP contribution in [0.25, 0.3) is 0 Å². The average molecular weight is 391 g/mol. The van der Waals surface area contributed by atoms with Crippen LogP contribution in [0.1, 0.15) is 21.8 Å². The molecule has 6 nitrogen and oxygen atoms in total. The molecule has 3 rings (SSSR count). The van der Waals surface area contributed by atoms with Crippen molar-refractivity contribution in [3.8, 4) is 5.75 Å². The Morgan fingerprint density at radius 1 is 1.19 bits per heavy atom. The molecule has 0 spiro atoms. The van der Waals surface area contributed by atoms with Crippen molar-refractivity contribution in [2.45, 2.75) is 17.6 Å². The fraction of sp³-hybridized carbons (Fsp3) is 0.167. The van der Waals surface area contributed by atoms with Gasteiger partial charge >= 0.3 is 5.97 Å². The van der Waals surface area contributed by atoms with Gasteiger partial charge in [0.2, 0.25) is 0 Å². The van der Waals surface area contributed by atoms with Crippen molar-refractivity contribution in [1.29, 1.82) is 0 Å². The zero-order valence-corrected chi connectivity index (χ0v) is 15.4. The molecule has 0 fully saturated rings. The van der Waals surface area contributed by atoms with Crippen molar-refractivity contribution in [1.82, 2.24) is 10.2 Å². The van der Waals surface area contributed by atoms with E-state index >= 15 is 0 Å². The van der Waals surface area contributed by atoms with Crippen molar-refractivity contribution >= 4 is 29.3 Å². The van der Waals surface area contributed by atoms with E-state index in [4.69, 9.17) is 25.5 Å². The van der Waals surface area contributed by atoms with Gasteiger partial charge in [0.25, 0.3) is 11.1 Å². The van der Waals surface area contributed by atoms with Crippen LogP contribution < -0.4 is 4.74 Å². The van der Waals surface area contributed by atoms with E-state index in [-0.39, 0.29) is 12.6 Å². The van der Waals surface area contributed by atoms with Crippen LogP contribution in [0.5, 0.6) is 5.75 Å². The number of methoxy groups -OCH3 is 1. The van der Waals surface area contributed by atoms with Crippen LogP contribution >= 0.6 is 23.4 Å². The van der Waals surface area contributed by atoms with Crippen LogP contribution in [-0.2, 0) is 17.1 Å². The summed E-state index contributed by atoms with van der Waals surface area (Å²) in [5.41, 5.74) is 1.46. The van der Waals surface area contributed by atoms with Crippen LogP contribution in [-0.4, -0.2) is 23.3 Å². The summed E-state index contributed by atoms with van der Waals surface area (Å²) >= 11 is 7.21. The first-order valence-corrected chi connectivity index (χ1v) is 9.01. The molecule has 26 heavy (non-hydrogen) atoms. The van der Waals surface area contributed by atoms with Gasteiger partial charge < -0.3 is 13.9 Å². The number of thioether (sulfide) groups is 1. The van der Waals surface area contributed by atoms with Crippen molar-refractivity contribution in [2.24, 2.45) is 0 Å². The standard InChI is InChI=1S/C18H15ClN2O4S/c1-23-17(22)13-4-2-3-12(9-13)11-26-18-21-20-16(25-18)10-24-15-7-5-14(19)6-8-15/h2-9H,10-11H2,1H3. The maximum absolute atomic E-state index is 11.6. The summed E-state index contributed by atoms with van der Waals surface area (Å²) in [4.78, 5) is 11.6. The summed E-state index contributed by atoms with van der Waals surface area (Å²) < 4.78 is 15.8. The van der Waals surface area contributed by atoms with E-state index in [1.807, 2.05) is 6.07 Å². The normalized spacial score (nSPS) is 10.5. The molecule has 0 saturated carbocycles. The third-order valence-electron chi connectivity index (χ3n) is 3.33. The number of nitrogens with zero attached hydrogens (tertiary/aromatic N) is 2. The lowest BCUT2D eigenvalue weighted by atomic mass is 10.1. The number of hydrogen-bond acceptors (Lipinski definition) is 7. The molecule has 2 aromatic carbocycles. The van der Waals surface area contributed by atoms with E-state index in [9.17, 15) is 4.79 Å². The van der Waals surface area contributed by atoms with E-state index in [0.29, 0.717) is 33.2 Å². The number of benzene rings is 2. The third-order valence-corrected chi connectivity index (χ3v) is 4.48. The second kappa shape index (κ2) is 8.73. The number of carbonyl (C=O) groups is 1. The van der Waals surface area contributed by atoms with Crippen molar-refractivity contribution < 1.29 is 18.7 Å². The number of esters is 1. The number of carbonyl (C=O) groups excluding carboxylic acids is 1. The van der Waals surface area contributed by atoms with Gasteiger partial charge in [0.1, 0.15) is 5.75 Å². The molecule has 8 heteroatoms. The van der Waals surface area contributed by atoms with Gasteiger partial charge in [0.15, 0.2) is 6.61 Å². The summed E-state index contributed by atoms with van der Waals surface area (Å²) in [7, 11) is 1.36. The zero-order valence-electron chi connectivity index (χ0n) is 13.8. The van der Waals surface area contributed by atoms with Gasteiger partial charge in [-0.05, 0) is 42.0 Å². The lowest BCUT2D eigenvalue weighted by Gasteiger charge is -2.03. The molecular formula is C18H15ClN2O4S. The van der Waals surface area contributed by atoms with Gasteiger partial charge in [-0.1, -0.05) is 35.5 Å². The highest BCUT2D eigenvalue weighted by atomic mass is 35.5.